The summed E-state index contributed by atoms with van der Waals surface area (Å²) < 4.78 is 37.4. The number of rotatable bonds is 6. The molecule has 1 aromatic heterocycles. The number of nitrogens with two attached hydrogens (primary N) is 1. The number of hydrogen-bond donors (Lipinski definition) is 3. The fourth-order valence-corrected chi connectivity index (χ4v) is 2.10. The van der Waals surface area contributed by atoms with Crippen molar-refractivity contribution in [3.8, 4) is 11.6 Å². The van der Waals surface area contributed by atoms with Crippen molar-refractivity contribution in [3.63, 3.8) is 0 Å². The fraction of sp³-hybridized carbons (Fsp3) is 0.316. The molecule has 1 aromatic carbocycles. The quantitative estimate of drug-likeness (QED) is 0.667. The highest BCUT2D eigenvalue weighted by atomic mass is 19.4. The van der Waals surface area contributed by atoms with Gasteiger partial charge in [-0.2, -0.15) is 13.2 Å². The monoisotopic (exact) mass is 413 g/mol. The Morgan fingerprint density at radius 2 is 1.79 bits per heavy atom. The Bertz CT molecular complexity index is 794. The second-order valence-corrected chi connectivity index (χ2v) is 6.12. The average Bonchev–Trinajstić information content (AvgIpc) is 2.62. The van der Waals surface area contributed by atoms with Crippen LogP contribution in [0.2, 0.25) is 0 Å². The Kier molecular flexibility index (Phi) is 8.91. The summed E-state index contributed by atoms with van der Waals surface area (Å²) in [5, 5.41) is 10.0. The maximum absolute atomic E-state index is 11.0. The molecule has 0 saturated heterocycles. The van der Waals surface area contributed by atoms with E-state index in [-0.39, 0.29) is 11.9 Å². The van der Waals surface area contributed by atoms with Gasteiger partial charge in [0.2, 0.25) is 11.8 Å². The third-order valence-corrected chi connectivity index (χ3v) is 3.46. The van der Waals surface area contributed by atoms with Crippen LogP contribution >= 0.6 is 0 Å². The van der Waals surface area contributed by atoms with Crippen molar-refractivity contribution < 1.29 is 32.6 Å². The molecule has 158 valence electrons. The Balaban J connectivity index is 0.000000516. The molecule has 29 heavy (non-hydrogen) atoms. The van der Waals surface area contributed by atoms with E-state index < -0.39 is 12.1 Å². The molecular weight excluding hydrogens is 391 g/mol. The van der Waals surface area contributed by atoms with Gasteiger partial charge in [-0.1, -0.05) is 12.1 Å². The lowest BCUT2D eigenvalue weighted by Crippen LogP contribution is -2.30. The van der Waals surface area contributed by atoms with Crippen LogP contribution in [0.5, 0.6) is 11.6 Å². The Morgan fingerprint density at radius 1 is 1.21 bits per heavy atom. The summed E-state index contributed by atoms with van der Waals surface area (Å²) >= 11 is 0. The summed E-state index contributed by atoms with van der Waals surface area (Å²) in [4.78, 5) is 24.0. The molecule has 10 heteroatoms. The summed E-state index contributed by atoms with van der Waals surface area (Å²) in [6.07, 6.45) is -1.71. The molecule has 1 heterocycles. The van der Waals surface area contributed by atoms with E-state index in [0.29, 0.717) is 11.6 Å². The number of halogens is 3. The fourth-order valence-electron chi connectivity index (χ4n) is 2.10. The van der Waals surface area contributed by atoms with Crippen LogP contribution in [0.25, 0.3) is 0 Å². The molecule has 0 saturated carbocycles. The highest BCUT2D eigenvalue weighted by Crippen LogP contribution is 2.20. The number of carbonyl (C=O) groups excluding carboxylic acids is 1. The second-order valence-electron chi connectivity index (χ2n) is 6.12. The number of nitrogens with zero attached hydrogens (tertiary/aromatic N) is 1. The van der Waals surface area contributed by atoms with Crippen LogP contribution < -0.4 is 15.8 Å². The number of aromatic nitrogens is 1. The smallest absolute Gasteiger partial charge is 0.475 e. The molecule has 1 amide bonds. The number of anilines is 1. The number of ether oxygens (including phenoxy) is 1. The van der Waals surface area contributed by atoms with E-state index in [4.69, 9.17) is 20.4 Å². The van der Waals surface area contributed by atoms with E-state index in [1.165, 1.54) is 12.5 Å². The first-order valence-corrected chi connectivity index (χ1v) is 8.53. The van der Waals surface area contributed by atoms with E-state index in [0.717, 1.165) is 18.6 Å². The lowest BCUT2D eigenvalue weighted by Gasteiger charge is -2.12. The number of nitrogens with one attached hydrogen (secondary N) is 1. The van der Waals surface area contributed by atoms with E-state index in [2.05, 4.69) is 10.3 Å². The number of alkyl halides is 3. The molecule has 0 aliphatic heterocycles. The van der Waals surface area contributed by atoms with Crippen molar-refractivity contribution in [2.45, 2.75) is 38.9 Å². The number of benzene rings is 1. The van der Waals surface area contributed by atoms with Gasteiger partial charge in [-0.3, -0.25) is 4.79 Å². The van der Waals surface area contributed by atoms with E-state index in [1.807, 2.05) is 31.2 Å². The molecule has 0 aliphatic rings. The number of aryl methyl sites for hydroxylation is 1. The van der Waals surface area contributed by atoms with Crippen LogP contribution in [0.3, 0.4) is 0 Å². The van der Waals surface area contributed by atoms with Gasteiger partial charge in [0.1, 0.15) is 5.75 Å². The van der Waals surface area contributed by atoms with Crippen molar-refractivity contribution in [3.05, 3.63) is 48.2 Å². The number of carboxylic acid groups (broad SMARTS) is 1. The highest BCUT2D eigenvalue weighted by molar-refractivity contribution is 5.73. The van der Waals surface area contributed by atoms with Gasteiger partial charge in [-0.05, 0) is 43.5 Å². The SMILES string of the molecule is CC(=O)N[C@@H](C)CCc1ccc(Oc2ccc(N)cn2)cc1.O=C(O)C(F)(F)F. The molecule has 0 radical (unpaired) electrons. The third kappa shape index (κ3) is 9.99. The summed E-state index contributed by atoms with van der Waals surface area (Å²) in [6, 6.07) is 11.5. The summed E-state index contributed by atoms with van der Waals surface area (Å²) in [7, 11) is 0. The Morgan fingerprint density at radius 3 is 2.24 bits per heavy atom. The van der Waals surface area contributed by atoms with Gasteiger partial charge >= 0.3 is 12.1 Å². The second kappa shape index (κ2) is 10.9. The molecular formula is C19H22F3N3O4. The van der Waals surface area contributed by atoms with Crippen LogP contribution in [0.15, 0.2) is 42.6 Å². The van der Waals surface area contributed by atoms with Gasteiger partial charge in [-0.25, -0.2) is 9.78 Å². The zero-order valence-electron chi connectivity index (χ0n) is 15.9. The van der Waals surface area contributed by atoms with Crippen molar-refractivity contribution >= 4 is 17.6 Å². The minimum Gasteiger partial charge on any atom is -0.475 e. The van der Waals surface area contributed by atoms with Crippen LogP contribution in [0, 0.1) is 0 Å². The number of hydrogen-bond acceptors (Lipinski definition) is 5. The van der Waals surface area contributed by atoms with Gasteiger partial charge in [0.15, 0.2) is 0 Å². The van der Waals surface area contributed by atoms with Crippen molar-refractivity contribution in [1.29, 1.82) is 0 Å². The molecule has 2 aromatic rings. The predicted octanol–water partition coefficient (Wildman–Crippen LogP) is 3.55. The van der Waals surface area contributed by atoms with Crippen LogP contribution in [0.4, 0.5) is 18.9 Å². The van der Waals surface area contributed by atoms with Gasteiger partial charge < -0.3 is 20.9 Å². The summed E-state index contributed by atoms with van der Waals surface area (Å²) in [5.41, 5.74) is 7.39. The van der Waals surface area contributed by atoms with E-state index in [9.17, 15) is 18.0 Å². The van der Waals surface area contributed by atoms with Gasteiger partial charge in [0.25, 0.3) is 0 Å². The summed E-state index contributed by atoms with van der Waals surface area (Å²) in [5.74, 6) is -1.50. The topological polar surface area (TPSA) is 115 Å². The first-order valence-electron chi connectivity index (χ1n) is 8.53. The molecule has 0 aliphatic carbocycles. The molecule has 0 spiro atoms. The Labute approximate surface area is 165 Å². The standard InChI is InChI=1S/C17H21N3O2.C2HF3O2/c1-12(20-13(2)21)3-4-14-5-8-16(9-6-14)22-17-10-7-15(18)11-19-17;3-2(4,5)1(6)7/h5-12H,3-4,18H2,1-2H3,(H,20,21);(H,6,7)/t12-;/m0./s1. The summed E-state index contributed by atoms with van der Waals surface area (Å²) in [6.45, 7) is 3.54. The normalized spacial score (nSPS) is 11.6. The van der Waals surface area contributed by atoms with Crippen LogP contribution in [-0.2, 0) is 16.0 Å². The van der Waals surface area contributed by atoms with Gasteiger partial charge in [0, 0.05) is 19.0 Å². The van der Waals surface area contributed by atoms with E-state index >= 15 is 0 Å². The largest absolute Gasteiger partial charge is 0.490 e. The number of carbonyl (C=O) groups is 2. The molecule has 2 rings (SSSR count). The average molecular weight is 413 g/mol. The van der Waals surface area contributed by atoms with Crippen molar-refractivity contribution in [2.75, 3.05) is 5.73 Å². The van der Waals surface area contributed by atoms with Crippen LogP contribution in [-0.4, -0.2) is 34.2 Å². The number of amides is 1. The maximum atomic E-state index is 11.0. The van der Waals surface area contributed by atoms with Crippen molar-refractivity contribution in [1.82, 2.24) is 10.3 Å². The molecule has 0 fully saturated rings. The van der Waals surface area contributed by atoms with Gasteiger partial charge in [-0.15, -0.1) is 0 Å². The minimum absolute atomic E-state index is 0.00671. The predicted molar refractivity (Wildman–Crippen MR) is 100 cm³/mol. The lowest BCUT2D eigenvalue weighted by molar-refractivity contribution is -0.192. The third-order valence-electron chi connectivity index (χ3n) is 3.46. The van der Waals surface area contributed by atoms with Crippen LogP contribution in [0.1, 0.15) is 25.8 Å². The number of nitrogen functional groups attached to an aromatic ring is 1. The minimum atomic E-state index is -5.08. The van der Waals surface area contributed by atoms with Crippen molar-refractivity contribution in [2.24, 2.45) is 0 Å². The highest BCUT2D eigenvalue weighted by Gasteiger charge is 2.38. The number of pyridine rings is 1. The lowest BCUT2D eigenvalue weighted by atomic mass is 10.1. The molecule has 4 N–H and O–H groups in total. The van der Waals surface area contributed by atoms with E-state index in [1.54, 1.807) is 18.3 Å². The zero-order valence-corrected chi connectivity index (χ0v) is 15.9. The first-order chi connectivity index (χ1) is 13.5. The molecule has 0 unspecified atom stereocenters. The maximum Gasteiger partial charge on any atom is 0.490 e. The Hall–Kier alpha value is -3.30. The molecule has 1 atom stereocenters. The van der Waals surface area contributed by atoms with Gasteiger partial charge in [0.05, 0.1) is 11.9 Å². The zero-order chi connectivity index (χ0) is 22.0. The molecule has 0 bridgehead atoms. The molecule has 7 nitrogen and oxygen atoms in total. The number of carboxylic acids is 1. The number of aliphatic carboxylic acids is 1. The first kappa shape index (κ1) is 23.7.